The number of hydrogen-bond acceptors (Lipinski definition) is 3. The molecule has 0 radical (unpaired) electrons. The molecule has 1 fully saturated rings. The number of nitrogens with two attached hydrogens (primary N) is 1. The number of hydrogen-bond donors (Lipinski definition) is 1. The molecule has 0 bridgehead atoms. The molecule has 1 saturated heterocycles. The molecule has 3 rings (SSSR count). The second-order valence-corrected chi connectivity index (χ2v) is 6.25. The summed E-state index contributed by atoms with van der Waals surface area (Å²) in [6, 6.07) is 5.64. The van der Waals surface area contributed by atoms with Gasteiger partial charge in [-0.05, 0) is 25.0 Å². The quantitative estimate of drug-likeness (QED) is 0.925. The molecule has 1 aromatic carbocycles. The van der Waals surface area contributed by atoms with Crippen molar-refractivity contribution >= 4 is 34.3 Å². The summed E-state index contributed by atoms with van der Waals surface area (Å²) in [5, 5.41) is 5.86. The van der Waals surface area contributed by atoms with Crippen molar-refractivity contribution in [3.05, 3.63) is 29.4 Å². The van der Waals surface area contributed by atoms with Gasteiger partial charge in [0.25, 0.3) is 0 Å². The summed E-state index contributed by atoms with van der Waals surface area (Å²) in [6.45, 7) is 1.70. The third-order valence-electron chi connectivity index (χ3n) is 4.42. The second kappa shape index (κ2) is 6.58. The molecule has 1 aliphatic heterocycles. The first-order valence-corrected chi connectivity index (χ1v) is 8.11. The number of fused-ring (bicyclic) bond motifs is 1. The summed E-state index contributed by atoms with van der Waals surface area (Å²) in [4.78, 5) is 25.3. The first-order valence-electron chi connectivity index (χ1n) is 7.73. The molecule has 2 aromatic rings. The first kappa shape index (κ1) is 15.8. The number of piperidine rings is 1. The molecule has 2 heterocycles. The lowest BCUT2D eigenvalue weighted by atomic mass is 9.96. The van der Waals surface area contributed by atoms with Crippen molar-refractivity contribution in [2.45, 2.75) is 25.8 Å². The maximum absolute atomic E-state index is 12.3. The standard InChI is InChI=1S/C16H19ClN4O2/c17-13-2-1-3-14-12(13)10-19-21(14)9-6-15(22)20-7-4-11(5-8-20)16(18)23/h1-3,10-11H,4-9H2,(H2,18,23). The van der Waals surface area contributed by atoms with E-state index in [1.54, 1.807) is 15.8 Å². The fourth-order valence-electron chi connectivity index (χ4n) is 3.02. The fraction of sp³-hybridized carbons (Fsp3) is 0.438. The van der Waals surface area contributed by atoms with E-state index < -0.39 is 0 Å². The Labute approximate surface area is 139 Å². The summed E-state index contributed by atoms with van der Waals surface area (Å²) < 4.78 is 1.80. The molecule has 0 spiro atoms. The van der Waals surface area contributed by atoms with Crippen LogP contribution in [0, 0.1) is 5.92 Å². The number of carbonyl (C=O) groups excluding carboxylic acids is 2. The minimum atomic E-state index is -0.267. The minimum Gasteiger partial charge on any atom is -0.369 e. The van der Waals surface area contributed by atoms with Crippen molar-refractivity contribution in [2.24, 2.45) is 11.7 Å². The van der Waals surface area contributed by atoms with Crippen LogP contribution in [0.1, 0.15) is 19.3 Å². The average Bonchev–Trinajstić information content (AvgIpc) is 2.97. The van der Waals surface area contributed by atoms with Gasteiger partial charge >= 0.3 is 0 Å². The highest BCUT2D eigenvalue weighted by Gasteiger charge is 2.25. The Morgan fingerprint density at radius 1 is 1.30 bits per heavy atom. The van der Waals surface area contributed by atoms with E-state index in [9.17, 15) is 9.59 Å². The van der Waals surface area contributed by atoms with Crippen LogP contribution in [0.3, 0.4) is 0 Å². The molecule has 7 heteroatoms. The van der Waals surface area contributed by atoms with E-state index in [2.05, 4.69) is 5.10 Å². The maximum atomic E-state index is 12.3. The number of amides is 2. The number of rotatable bonds is 4. The minimum absolute atomic E-state index is 0.0820. The van der Waals surface area contributed by atoms with Crippen LogP contribution < -0.4 is 5.73 Å². The Morgan fingerprint density at radius 3 is 2.74 bits per heavy atom. The highest BCUT2D eigenvalue weighted by molar-refractivity contribution is 6.35. The molecule has 122 valence electrons. The van der Waals surface area contributed by atoms with Crippen molar-refractivity contribution in [3.63, 3.8) is 0 Å². The van der Waals surface area contributed by atoms with Crippen LogP contribution in [0.4, 0.5) is 0 Å². The van der Waals surface area contributed by atoms with Crippen LogP contribution in [0.5, 0.6) is 0 Å². The zero-order valence-electron chi connectivity index (χ0n) is 12.7. The highest BCUT2D eigenvalue weighted by Crippen LogP contribution is 2.23. The Balaban J connectivity index is 1.59. The first-order chi connectivity index (χ1) is 11.1. The summed E-state index contributed by atoms with van der Waals surface area (Å²) >= 11 is 6.13. The highest BCUT2D eigenvalue weighted by atomic mass is 35.5. The van der Waals surface area contributed by atoms with Crippen LogP contribution >= 0.6 is 11.6 Å². The summed E-state index contributed by atoms with van der Waals surface area (Å²) in [5.74, 6) is -0.285. The largest absolute Gasteiger partial charge is 0.369 e. The van der Waals surface area contributed by atoms with Crippen LogP contribution in [-0.2, 0) is 16.1 Å². The predicted octanol–water partition coefficient (Wildman–Crippen LogP) is 1.80. The molecule has 23 heavy (non-hydrogen) atoms. The zero-order valence-corrected chi connectivity index (χ0v) is 13.5. The average molecular weight is 335 g/mol. The van der Waals surface area contributed by atoms with Crippen molar-refractivity contribution in [2.75, 3.05) is 13.1 Å². The van der Waals surface area contributed by atoms with Crippen LogP contribution in [0.25, 0.3) is 10.9 Å². The number of likely N-dealkylation sites (tertiary alicyclic amines) is 1. The van der Waals surface area contributed by atoms with E-state index in [1.165, 1.54) is 0 Å². The van der Waals surface area contributed by atoms with Gasteiger partial charge in [-0.3, -0.25) is 14.3 Å². The third-order valence-corrected chi connectivity index (χ3v) is 4.75. The lowest BCUT2D eigenvalue weighted by Gasteiger charge is -2.30. The topological polar surface area (TPSA) is 81.2 Å². The Kier molecular flexibility index (Phi) is 4.52. The van der Waals surface area contributed by atoms with Gasteiger partial charge in [-0.1, -0.05) is 17.7 Å². The smallest absolute Gasteiger partial charge is 0.224 e. The summed E-state index contributed by atoms with van der Waals surface area (Å²) in [6.07, 6.45) is 3.41. The fourth-order valence-corrected chi connectivity index (χ4v) is 3.24. The van der Waals surface area contributed by atoms with Gasteiger partial charge in [0.15, 0.2) is 0 Å². The van der Waals surface area contributed by atoms with Crippen molar-refractivity contribution in [1.82, 2.24) is 14.7 Å². The van der Waals surface area contributed by atoms with Gasteiger partial charge in [0.2, 0.25) is 11.8 Å². The number of nitrogens with zero attached hydrogens (tertiary/aromatic N) is 3. The van der Waals surface area contributed by atoms with Gasteiger partial charge in [0, 0.05) is 30.8 Å². The lowest BCUT2D eigenvalue weighted by Crippen LogP contribution is -2.41. The lowest BCUT2D eigenvalue weighted by molar-refractivity contribution is -0.135. The van der Waals surface area contributed by atoms with Crippen LogP contribution in [0.2, 0.25) is 5.02 Å². The normalized spacial score (nSPS) is 16.0. The zero-order chi connectivity index (χ0) is 16.4. The molecule has 0 aliphatic carbocycles. The van der Waals surface area contributed by atoms with Crippen LogP contribution in [0.15, 0.2) is 24.4 Å². The van der Waals surface area contributed by atoms with E-state index in [1.807, 2.05) is 18.2 Å². The predicted molar refractivity (Wildman–Crippen MR) is 87.9 cm³/mol. The molecule has 0 unspecified atom stereocenters. The van der Waals surface area contributed by atoms with E-state index in [0.717, 1.165) is 10.9 Å². The molecular weight excluding hydrogens is 316 g/mol. The summed E-state index contributed by atoms with van der Waals surface area (Å²) in [7, 11) is 0. The number of halogens is 1. The molecular formula is C16H19ClN4O2. The SMILES string of the molecule is NC(=O)C1CCN(C(=O)CCn2ncc3c(Cl)cccc32)CC1. The maximum Gasteiger partial charge on any atom is 0.224 e. The number of carbonyl (C=O) groups is 2. The summed E-state index contributed by atoms with van der Waals surface area (Å²) in [5.41, 5.74) is 6.24. The number of aryl methyl sites for hydroxylation is 1. The van der Waals surface area contributed by atoms with E-state index in [-0.39, 0.29) is 17.7 Å². The van der Waals surface area contributed by atoms with Gasteiger partial charge < -0.3 is 10.6 Å². The molecule has 0 saturated carbocycles. The van der Waals surface area contributed by atoms with Crippen LogP contribution in [-0.4, -0.2) is 39.6 Å². The van der Waals surface area contributed by atoms with Crippen molar-refractivity contribution in [1.29, 1.82) is 0 Å². The van der Waals surface area contributed by atoms with Gasteiger partial charge in [-0.25, -0.2) is 0 Å². The van der Waals surface area contributed by atoms with E-state index in [0.29, 0.717) is 43.9 Å². The van der Waals surface area contributed by atoms with E-state index >= 15 is 0 Å². The van der Waals surface area contributed by atoms with Gasteiger partial charge in [0.1, 0.15) is 0 Å². The number of primary amides is 1. The molecule has 1 aliphatic rings. The molecule has 6 nitrogen and oxygen atoms in total. The molecule has 1 aromatic heterocycles. The Morgan fingerprint density at radius 2 is 2.04 bits per heavy atom. The molecule has 2 amide bonds. The number of benzene rings is 1. The van der Waals surface area contributed by atoms with Crippen molar-refractivity contribution < 1.29 is 9.59 Å². The Bertz CT molecular complexity index is 735. The monoisotopic (exact) mass is 334 g/mol. The Hall–Kier alpha value is -2.08. The van der Waals surface area contributed by atoms with Gasteiger partial charge in [-0.2, -0.15) is 5.10 Å². The van der Waals surface area contributed by atoms with Gasteiger partial charge in [0.05, 0.1) is 23.3 Å². The number of aromatic nitrogens is 2. The molecule has 2 N–H and O–H groups in total. The van der Waals surface area contributed by atoms with Crippen molar-refractivity contribution in [3.8, 4) is 0 Å². The van der Waals surface area contributed by atoms with Gasteiger partial charge in [-0.15, -0.1) is 0 Å². The third kappa shape index (κ3) is 3.32. The molecule has 0 atom stereocenters. The second-order valence-electron chi connectivity index (χ2n) is 5.85. The van der Waals surface area contributed by atoms with E-state index in [4.69, 9.17) is 17.3 Å².